The van der Waals surface area contributed by atoms with Crippen LogP contribution in [0, 0.1) is 11.3 Å². The molecule has 1 aliphatic rings. The predicted molar refractivity (Wildman–Crippen MR) is 61.7 cm³/mol. The number of rotatable bonds is 1. The number of benzene rings is 1. The quantitative estimate of drug-likeness (QED) is 0.680. The Morgan fingerprint density at radius 3 is 2.60 bits per heavy atom. The first-order valence-electron chi connectivity index (χ1n) is 4.98. The van der Waals surface area contributed by atoms with E-state index in [1.165, 1.54) is 16.7 Å². The van der Waals surface area contributed by atoms with E-state index in [1.807, 2.05) is 30.5 Å². The molecular formula is C13H12N2. The molecule has 1 aromatic carbocycles. The molecule has 0 radical (unpaired) electrons. The number of aliphatic imine (C=N–C) groups is 1. The minimum atomic E-state index is 0.710. The lowest BCUT2D eigenvalue weighted by atomic mass is 9.96. The van der Waals surface area contributed by atoms with Crippen molar-refractivity contribution in [3.8, 4) is 6.07 Å². The molecule has 2 heteroatoms. The average Bonchev–Trinajstić information content (AvgIpc) is 2.30. The van der Waals surface area contributed by atoms with Crippen LogP contribution >= 0.6 is 0 Å². The van der Waals surface area contributed by atoms with E-state index in [4.69, 9.17) is 5.26 Å². The first-order valence-corrected chi connectivity index (χ1v) is 4.98. The van der Waals surface area contributed by atoms with Crippen molar-refractivity contribution in [1.82, 2.24) is 0 Å². The Kier molecular flexibility index (Phi) is 2.64. The maximum Gasteiger partial charge on any atom is 0.0991 e. The fraction of sp³-hybridized carbons (Fsp3) is 0.231. The standard InChI is InChI=1S/C13H12N2/c1-10-9-15-7-6-13(10)12-4-2-11(8-14)3-5-12/h2-5,7H,6,9H2,1H3. The zero-order valence-electron chi connectivity index (χ0n) is 8.70. The SMILES string of the molecule is CC1=C(c2ccc(C#N)cc2)CC=NC1. The van der Waals surface area contributed by atoms with E-state index < -0.39 is 0 Å². The van der Waals surface area contributed by atoms with Gasteiger partial charge in [-0.1, -0.05) is 12.1 Å². The summed E-state index contributed by atoms with van der Waals surface area (Å²) >= 11 is 0. The van der Waals surface area contributed by atoms with Gasteiger partial charge in [-0.3, -0.25) is 4.99 Å². The van der Waals surface area contributed by atoms with Crippen molar-refractivity contribution in [3.05, 3.63) is 41.0 Å². The van der Waals surface area contributed by atoms with Crippen molar-refractivity contribution in [2.45, 2.75) is 13.3 Å². The normalized spacial score (nSPS) is 15.2. The summed E-state index contributed by atoms with van der Waals surface area (Å²) in [5.41, 5.74) is 4.58. The van der Waals surface area contributed by atoms with Crippen molar-refractivity contribution in [2.24, 2.45) is 4.99 Å². The summed E-state index contributed by atoms with van der Waals surface area (Å²) in [4.78, 5) is 4.23. The van der Waals surface area contributed by atoms with Crippen LogP contribution in [0.3, 0.4) is 0 Å². The number of allylic oxidation sites excluding steroid dienone is 1. The van der Waals surface area contributed by atoms with Gasteiger partial charge in [-0.25, -0.2) is 0 Å². The molecule has 0 saturated heterocycles. The van der Waals surface area contributed by atoms with Crippen LogP contribution in [-0.2, 0) is 0 Å². The lowest BCUT2D eigenvalue weighted by Crippen LogP contribution is -1.99. The maximum atomic E-state index is 8.71. The van der Waals surface area contributed by atoms with Gasteiger partial charge in [-0.15, -0.1) is 0 Å². The largest absolute Gasteiger partial charge is 0.293 e. The van der Waals surface area contributed by atoms with E-state index >= 15 is 0 Å². The van der Waals surface area contributed by atoms with Crippen LogP contribution < -0.4 is 0 Å². The van der Waals surface area contributed by atoms with Crippen molar-refractivity contribution < 1.29 is 0 Å². The topological polar surface area (TPSA) is 36.1 Å². The monoisotopic (exact) mass is 196 g/mol. The van der Waals surface area contributed by atoms with Gasteiger partial charge in [0.25, 0.3) is 0 Å². The molecule has 2 nitrogen and oxygen atoms in total. The van der Waals surface area contributed by atoms with Crippen molar-refractivity contribution in [3.63, 3.8) is 0 Å². The molecule has 15 heavy (non-hydrogen) atoms. The van der Waals surface area contributed by atoms with Crippen LogP contribution in [0.2, 0.25) is 0 Å². The van der Waals surface area contributed by atoms with Gasteiger partial charge in [0.05, 0.1) is 18.2 Å². The fourth-order valence-electron chi connectivity index (χ4n) is 1.74. The van der Waals surface area contributed by atoms with E-state index in [0.717, 1.165) is 13.0 Å². The number of dihydropyridines is 1. The minimum absolute atomic E-state index is 0.710. The second-order valence-corrected chi connectivity index (χ2v) is 3.68. The number of hydrogen-bond acceptors (Lipinski definition) is 2. The van der Waals surface area contributed by atoms with Crippen LogP contribution in [0.25, 0.3) is 5.57 Å². The molecule has 1 aromatic rings. The van der Waals surface area contributed by atoms with E-state index in [2.05, 4.69) is 18.0 Å². The predicted octanol–water partition coefficient (Wildman–Crippen LogP) is 2.81. The molecule has 0 amide bonds. The van der Waals surface area contributed by atoms with Crippen LogP contribution in [0.5, 0.6) is 0 Å². The van der Waals surface area contributed by atoms with Crippen LogP contribution in [0.1, 0.15) is 24.5 Å². The molecule has 0 N–H and O–H groups in total. The van der Waals surface area contributed by atoms with Gasteiger partial charge < -0.3 is 0 Å². The van der Waals surface area contributed by atoms with Gasteiger partial charge in [-0.2, -0.15) is 5.26 Å². The molecule has 2 rings (SSSR count). The Labute approximate surface area is 89.6 Å². The second-order valence-electron chi connectivity index (χ2n) is 3.68. The average molecular weight is 196 g/mol. The first-order chi connectivity index (χ1) is 7.31. The highest BCUT2D eigenvalue weighted by atomic mass is 14.7. The van der Waals surface area contributed by atoms with Gasteiger partial charge in [-0.05, 0) is 35.8 Å². The first kappa shape index (κ1) is 9.67. The molecule has 0 fully saturated rings. The Morgan fingerprint density at radius 2 is 2.00 bits per heavy atom. The van der Waals surface area contributed by atoms with Crippen molar-refractivity contribution in [1.29, 1.82) is 5.26 Å². The van der Waals surface area contributed by atoms with Crippen LogP contribution in [0.15, 0.2) is 34.8 Å². The lowest BCUT2D eigenvalue weighted by molar-refractivity contribution is 1.10. The number of nitriles is 1. The Bertz CT molecular complexity index is 458. The molecule has 0 unspecified atom stereocenters. The van der Waals surface area contributed by atoms with Crippen LogP contribution in [0.4, 0.5) is 0 Å². The van der Waals surface area contributed by atoms with E-state index in [1.54, 1.807) is 0 Å². The van der Waals surface area contributed by atoms with E-state index in [0.29, 0.717) is 5.56 Å². The highest BCUT2D eigenvalue weighted by molar-refractivity contribution is 5.83. The number of hydrogen-bond donors (Lipinski definition) is 0. The van der Waals surface area contributed by atoms with Gasteiger partial charge >= 0.3 is 0 Å². The maximum absolute atomic E-state index is 8.71. The molecule has 1 heterocycles. The van der Waals surface area contributed by atoms with E-state index in [9.17, 15) is 0 Å². The fourth-order valence-corrected chi connectivity index (χ4v) is 1.74. The summed E-state index contributed by atoms with van der Waals surface area (Å²) in [5.74, 6) is 0. The summed E-state index contributed by atoms with van der Waals surface area (Å²) in [6.45, 7) is 2.92. The Morgan fingerprint density at radius 1 is 1.27 bits per heavy atom. The van der Waals surface area contributed by atoms with Gasteiger partial charge in [0.1, 0.15) is 0 Å². The molecule has 0 bridgehead atoms. The third kappa shape index (κ3) is 1.97. The van der Waals surface area contributed by atoms with Crippen molar-refractivity contribution in [2.75, 3.05) is 6.54 Å². The zero-order valence-corrected chi connectivity index (χ0v) is 8.70. The Hall–Kier alpha value is -1.88. The van der Waals surface area contributed by atoms with Crippen LogP contribution in [-0.4, -0.2) is 12.8 Å². The summed E-state index contributed by atoms with van der Waals surface area (Å²) in [5, 5.41) is 8.71. The third-order valence-corrected chi connectivity index (χ3v) is 2.63. The molecule has 1 aliphatic heterocycles. The summed E-state index contributed by atoms with van der Waals surface area (Å²) in [7, 11) is 0. The smallest absolute Gasteiger partial charge is 0.0991 e. The molecule has 0 spiro atoms. The summed E-state index contributed by atoms with van der Waals surface area (Å²) in [6, 6.07) is 9.87. The van der Waals surface area contributed by atoms with Gasteiger partial charge in [0, 0.05) is 12.6 Å². The molecule has 0 saturated carbocycles. The zero-order chi connectivity index (χ0) is 10.7. The van der Waals surface area contributed by atoms with Gasteiger partial charge in [0.2, 0.25) is 0 Å². The highest BCUT2D eigenvalue weighted by Gasteiger charge is 2.07. The highest BCUT2D eigenvalue weighted by Crippen LogP contribution is 2.24. The molecule has 74 valence electrons. The number of nitrogens with zero attached hydrogens (tertiary/aromatic N) is 2. The molecule has 0 atom stereocenters. The molecule has 0 aromatic heterocycles. The second kappa shape index (κ2) is 4.10. The Balaban J connectivity index is 2.34. The lowest BCUT2D eigenvalue weighted by Gasteiger charge is -2.13. The molecule has 0 aliphatic carbocycles. The van der Waals surface area contributed by atoms with Gasteiger partial charge in [0.15, 0.2) is 0 Å². The van der Waals surface area contributed by atoms with Crippen molar-refractivity contribution >= 4 is 11.8 Å². The molecular weight excluding hydrogens is 184 g/mol. The minimum Gasteiger partial charge on any atom is -0.293 e. The van der Waals surface area contributed by atoms with E-state index in [-0.39, 0.29) is 0 Å². The third-order valence-electron chi connectivity index (χ3n) is 2.63. The summed E-state index contributed by atoms with van der Waals surface area (Å²) < 4.78 is 0. The summed E-state index contributed by atoms with van der Waals surface area (Å²) in [6.07, 6.45) is 2.86.